The van der Waals surface area contributed by atoms with Crippen LogP contribution >= 0.6 is 23.8 Å². The highest BCUT2D eigenvalue weighted by Crippen LogP contribution is 2.21. The van der Waals surface area contributed by atoms with Gasteiger partial charge in [0.1, 0.15) is 0 Å². The first kappa shape index (κ1) is 16.0. The summed E-state index contributed by atoms with van der Waals surface area (Å²) in [5.41, 5.74) is 1.01. The number of thiocarbonyl (C=S) groups is 1. The number of hydrogen-bond acceptors (Lipinski definition) is 2. The normalized spacial score (nSPS) is 22.8. The van der Waals surface area contributed by atoms with Gasteiger partial charge < -0.3 is 15.1 Å². The average Bonchev–Trinajstić information content (AvgIpc) is 3.03. The third-order valence-electron chi connectivity index (χ3n) is 4.62. The first-order valence-electron chi connectivity index (χ1n) is 8.24. The fraction of sp³-hybridized carbons (Fsp3) is 0.588. The van der Waals surface area contributed by atoms with Gasteiger partial charge in [-0.05, 0) is 81.2 Å². The first-order valence-corrected chi connectivity index (χ1v) is 9.03. The molecule has 3 nitrogen and oxygen atoms in total. The molecule has 22 heavy (non-hydrogen) atoms. The summed E-state index contributed by atoms with van der Waals surface area (Å²) in [6.45, 7) is 5.94. The molecular formula is C17H24ClN3S. The summed E-state index contributed by atoms with van der Waals surface area (Å²) in [4.78, 5) is 4.94. The quantitative estimate of drug-likeness (QED) is 0.844. The Hall–Kier alpha value is -0.840. The van der Waals surface area contributed by atoms with E-state index in [-0.39, 0.29) is 0 Å². The van der Waals surface area contributed by atoms with E-state index in [0.717, 1.165) is 34.8 Å². The number of likely N-dealkylation sites (tertiary alicyclic amines) is 2. The maximum atomic E-state index is 5.92. The van der Waals surface area contributed by atoms with Crippen LogP contribution < -0.4 is 5.32 Å². The SMILES string of the molecule is S=C(Nc1ccc(Cl)cc1)N1CCCC(CN2CCCC2)C1. The Kier molecular flexibility index (Phi) is 5.55. The lowest BCUT2D eigenvalue weighted by Gasteiger charge is -2.36. The van der Waals surface area contributed by atoms with Gasteiger partial charge in [0.05, 0.1) is 0 Å². The van der Waals surface area contributed by atoms with E-state index in [1.165, 1.54) is 45.3 Å². The van der Waals surface area contributed by atoms with Crippen molar-refractivity contribution in [1.29, 1.82) is 0 Å². The molecule has 2 fully saturated rings. The van der Waals surface area contributed by atoms with E-state index in [1.54, 1.807) is 0 Å². The molecule has 0 radical (unpaired) electrons. The lowest BCUT2D eigenvalue weighted by atomic mass is 9.98. The van der Waals surface area contributed by atoms with Gasteiger partial charge >= 0.3 is 0 Å². The predicted octanol–water partition coefficient (Wildman–Crippen LogP) is 3.84. The maximum absolute atomic E-state index is 5.92. The average molecular weight is 338 g/mol. The lowest BCUT2D eigenvalue weighted by molar-refractivity contribution is 0.196. The Labute approximate surface area is 143 Å². The number of hydrogen-bond donors (Lipinski definition) is 1. The van der Waals surface area contributed by atoms with Crippen molar-refractivity contribution in [2.45, 2.75) is 25.7 Å². The van der Waals surface area contributed by atoms with E-state index in [2.05, 4.69) is 15.1 Å². The molecule has 2 heterocycles. The predicted molar refractivity (Wildman–Crippen MR) is 97.6 cm³/mol. The fourth-order valence-electron chi connectivity index (χ4n) is 3.46. The molecule has 2 aliphatic rings. The molecule has 2 saturated heterocycles. The molecule has 3 rings (SSSR count). The van der Waals surface area contributed by atoms with E-state index in [0.29, 0.717) is 0 Å². The zero-order chi connectivity index (χ0) is 15.4. The standard InChI is InChI=1S/C17H24ClN3S/c18-15-5-7-16(8-6-15)19-17(22)21-11-3-4-14(13-21)12-20-9-1-2-10-20/h5-8,14H,1-4,9-13H2,(H,19,22). The molecule has 1 aromatic rings. The van der Waals surface area contributed by atoms with Crippen molar-refractivity contribution in [1.82, 2.24) is 9.80 Å². The second kappa shape index (κ2) is 7.62. The van der Waals surface area contributed by atoms with Crippen molar-refractivity contribution in [3.63, 3.8) is 0 Å². The van der Waals surface area contributed by atoms with Gasteiger partial charge in [0.15, 0.2) is 5.11 Å². The Bertz CT molecular complexity index is 499. The van der Waals surface area contributed by atoms with Crippen LogP contribution in [0.3, 0.4) is 0 Å². The molecule has 0 spiro atoms. The zero-order valence-electron chi connectivity index (χ0n) is 12.9. The van der Waals surface area contributed by atoms with E-state index < -0.39 is 0 Å². The van der Waals surface area contributed by atoms with Gasteiger partial charge in [-0.25, -0.2) is 0 Å². The van der Waals surface area contributed by atoms with E-state index in [1.807, 2.05) is 24.3 Å². The molecule has 0 saturated carbocycles. The van der Waals surface area contributed by atoms with Crippen molar-refractivity contribution in [3.05, 3.63) is 29.3 Å². The zero-order valence-corrected chi connectivity index (χ0v) is 14.5. The molecule has 1 unspecified atom stereocenters. The molecule has 5 heteroatoms. The van der Waals surface area contributed by atoms with Gasteiger partial charge in [0, 0.05) is 30.3 Å². The summed E-state index contributed by atoms with van der Waals surface area (Å²) in [5, 5.41) is 4.93. The van der Waals surface area contributed by atoms with Crippen LogP contribution in [0.15, 0.2) is 24.3 Å². The minimum atomic E-state index is 0.747. The molecule has 1 atom stereocenters. The number of nitrogens with zero attached hydrogens (tertiary/aromatic N) is 2. The molecule has 0 aliphatic carbocycles. The first-order chi connectivity index (χ1) is 10.7. The molecule has 1 aromatic carbocycles. The van der Waals surface area contributed by atoms with Crippen molar-refractivity contribution >= 4 is 34.6 Å². The number of anilines is 1. The number of piperidine rings is 1. The van der Waals surface area contributed by atoms with Gasteiger partial charge in [-0.15, -0.1) is 0 Å². The minimum absolute atomic E-state index is 0.747. The molecule has 0 aromatic heterocycles. The highest BCUT2D eigenvalue weighted by molar-refractivity contribution is 7.80. The van der Waals surface area contributed by atoms with Crippen LogP contribution in [-0.2, 0) is 0 Å². The van der Waals surface area contributed by atoms with Crippen LogP contribution in [0.4, 0.5) is 5.69 Å². The van der Waals surface area contributed by atoms with Crippen molar-refractivity contribution < 1.29 is 0 Å². The Morgan fingerprint density at radius 3 is 2.59 bits per heavy atom. The number of benzene rings is 1. The summed E-state index contributed by atoms with van der Waals surface area (Å²) < 4.78 is 0. The molecular weight excluding hydrogens is 314 g/mol. The Balaban J connectivity index is 1.52. The Morgan fingerprint density at radius 2 is 1.86 bits per heavy atom. The van der Waals surface area contributed by atoms with Crippen LogP contribution in [0.5, 0.6) is 0 Å². The summed E-state index contributed by atoms with van der Waals surface area (Å²) in [6, 6.07) is 7.72. The second-order valence-corrected chi connectivity index (χ2v) is 7.22. The number of nitrogens with one attached hydrogen (secondary N) is 1. The summed E-state index contributed by atoms with van der Waals surface area (Å²) in [6.07, 6.45) is 5.30. The van der Waals surface area contributed by atoms with E-state index >= 15 is 0 Å². The largest absolute Gasteiger partial charge is 0.349 e. The monoisotopic (exact) mass is 337 g/mol. The van der Waals surface area contributed by atoms with Crippen molar-refractivity contribution in [3.8, 4) is 0 Å². The molecule has 0 bridgehead atoms. The molecule has 2 aliphatic heterocycles. The lowest BCUT2D eigenvalue weighted by Crippen LogP contribution is -2.45. The third kappa shape index (κ3) is 4.34. The van der Waals surface area contributed by atoms with Crippen molar-refractivity contribution in [2.24, 2.45) is 5.92 Å². The molecule has 0 amide bonds. The summed E-state index contributed by atoms with van der Waals surface area (Å²) in [5.74, 6) is 0.747. The molecule has 1 N–H and O–H groups in total. The van der Waals surface area contributed by atoms with Crippen LogP contribution in [0, 0.1) is 5.92 Å². The number of halogens is 1. The van der Waals surface area contributed by atoms with Gasteiger partial charge in [0.2, 0.25) is 0 Å². The van der Waals surface area contributed by atoms with Crippen LogP contribution in [0.25, 0.3) is 0 Å². The summed E-state index contributed by atoms with van der Waals surface area (Å²) in [7, 11) is 0. The fourth-order valence-corrected chi connectivity index (χ4v) is 3.87. The van der Waals surface area contributed by atoms with E-state index in [4.69, 9.17) is 23.8 Å². The van der Waals surface area contributed by atoms with Gasteiger partial charge in [-0.3, -0.25) is 0 Å². The summed E-state index contributed by atoms with van der Waals surface area (Å²) >= 11 is 11.5. The second-order valence-electron chi connectivity index (χ2n) is 6.40. The molecule has 120 valence electrons. The topological polar surface area (TPSA) is 18.5 Å². The van der Waals surface area contributed by atoms with Crippen LogP contribution in [-0.4, -0.2) is 47.6 Å². The highest BCUT2D eigenvalue weighted by atomic mass is 35.5. The smallest absolute Gasteiger partial charge is 0.173 e. The minimum Gasteiger partial charge on any atom is -0.349 e. The maximum Gasteiger partial charge on any atom is 0.173 e. The van der Waals surface area contributed by atoms with Gasteiger partial charge in [-0.2, -0.15) is 0 Å². The van der Waals surface area contributed by atoms with Crippen LogP contribution in [0.2, 0.25) is 5.02 Å². The number of rotatable bonds is 3. The van der Waals surface area contributed by atoms with Gasteiger partial charge in [-0.1, -0.05) is 11.6 Å². The Morgan fingerprint density at radius 1 is 1.14 bits per heavy atom. The third-order valence-corrected chi connectivity index (χ3v) is 5.23. The van der Waals surface area contributed by atoms with Gasteiger partial charge in [0.25, 0.3) is 0 Å². The van der Waals surface area contributed by atoms with Crippen LogP contribution in [0.1, 0.15) is 25.7 Å². The van der Waals surface area contributed by atoms with E-state index in [9.17, 15) is 0 Å². The van der Waals surface area contributed by atoms with Crippen molar-refractivity contribution in [2.75, 3.05) is 38.0 Å². The highest BCUT2D eigenvalue weighted by Gasteiger charge is 2.24.